The summed E-state index contributed by atoms with van der Waals surface area (Å²) in [5.74, 6) is -1.72. The van der Waals surface area contributed by atoms with Crippen molar-refractivity contribution in [2.75, 3.05) is 0 Å². The van der Waals surface area contributed by atoms with E-state index < -0.39 is 17.7 Å². The molecule has 19 heavy (non-hydrogen) atoms. The van der Waals surface area contributed by atoms with Crippen LogP contribution in [0.5, 0.6) is 0 Å². The lowest BCUT2D eigenvalue weighted by atomic mass is 9.75. The molecule has 0 aromatic heterocycles. The molecule has 1 aromatic carbocycles. The number of benzene rings is 1. The van der Waals surface area contributed by atoms with Crippen molar-refractivity contribution in [3.05, 3.63) is 35.1 Å². The first-order chi connectivity index (χ1) is 8.72. The molecule has 5 heteroatoms. The lowest BCUT2D eigenvalue weighted by molar-refractivity contribution is -0.193. The molecule has 2 rings (SSSR count). The third-order valence-electron chi connectivity index (χ3n) is 3.97. The Labute approximate surface area is 109 Å². The Hall–Kier alpha value is -1.10. The number of hydrogen-bond donors (Lipinski definition) is 1. The Bertz CT molecular complexity index is 459. The van der Waals surface area contributed by atoms with Crippen molar-refractivity contribution < 1.29 is 22.7 Å². The molecule has 1 aromatic rings. The number of halogens is 4. The maximum Gasteiger partial charge on any atom is 0.391 e. The number of aryl methyl sites for hydroxylation is 1. The molecule has 0 unspecified atom stereocenters. The molecule has 0 atom stereocenters. The van der Waals surface area contributed by atoms with Crippen molar-refractivity contribution in [1.29, 1.82) is 0 Å². The van der Waals surface area contributed by atoms with Gasteiger partial charge in [0.2, 0.25) is 0 Å². The highest BCUT2D eigenvalue weighted by Crippen LogP contribution is 2.45. The van der Waals surface area contributed by atoms with Gasteiger partial charge in [0.25, 0.3) is 0 Å². The minimum absolute atomic E-state index is 0.0578. The van der Waals surface area contributed by atoms with Crippen LogP contribution in [0.4, 0.5) is 17.6 Å². The van der Waals surface area contributed by atoms with E-state index in [1.54, 1.807) is 6.92 Å². The van der Waals surface area contributed by atoms with Crippen LogP contribution in [-0.4, -0.2) is 11.3 Å². The largest absolute Gasteiger partial charge is 0.391 e. The van der Waals surface area contributed by atoms with Gasteiger partial charge in [0.05, 0.1) is 11.5 Å². The summed E-state index contributed by atoms with van der Waals surface area (Å²) in [6.07, 6.45) is -4.25. The average Bonchev–Trinajstić information content (AvgIpc) is 2.32. The summed E-state index contributed by atoms with van der Waals surface area (Å²) in [5, 5.41) is 10.5. The van der Waals surface area contributed by atoms with Crippen molar-refractivity contribution in [3.8, 4) is 0 Å². The van der Waals surface area contributed by atoms with E-state index in [2.05, 4.69) is 0 Å². The fraction of sp³-hybridized carbons (Fsp3) is 0.571. The van der Waals surface area contributed by atoms with Gasteiger partial charge >= 0.3 is 6.18 Å². The first-order valence-corrected chi connectivity index (χ1v) is 6.28. The van der Waals surface area contributed by atoms with E-state index in [1.807, 2.05) is 0 Å². The molecular formula is C14H16F4O. The zero-order chi connectivity index (χ0) is 14.3. The first-order valence-electron chi connectivity index (χ1n) is 6.28. The van der Waals surface area contributed by atoms with Crippen molar-refractivity contribution in [2.45, 2.75) is 44.4 Å². The minimum Gasteiger partial charge on any atom is -0.385 e. The van der Waals surface area contributed by atoms with Gasteiger partial charge < -0.3 is 5.11 Å². The van der Waals surface area contributed by atoms with Crippen molar-refractivity contribution in [3.63, 3.8) is 0 Å². The van der Waals surface area contributed by atoms with E-state index in [0.29, 0.717) is 11.1 Å². The van der Waals surface area contributed by atoms with Crippen molar-refractivity contribution in [2.24, 2.45) is 5.92 Å². The standard InChI is InChI=1S/C14H16F4O/c1-9-8-11(2-3-12(9)15)13(19)6-4-10(5-7-13)14(16,17)18/h2-3,8,10,19H,4-7H2,1H3. The molecule has 1 nitrogen and oxygen atoms in total. The second-order valence-corrected chi connectivity index (χ2v) is 5.31. The second-order valence-electron chi connectivity index (χ2n) is 5.31. The lowest BCUT2D eigenvalue weighted by Crippen LogP contribution is -2.36. The number of aliphatic hydroxyl groups is 1. The van der Waals surface area contributed by atoms with Crippen molar-refractivity contribution >= 4 is 0 Å². The minimum atomic E-state index is -4.19. The van der Waals surface area contributed by atoms with E-state index in [0.717, 1.165) is 0 Å². The van der Waals surface area contributed by atoms with Crippen molar-refractivity contribution in [1.82, 2.24) is 0 Å². The third kappa shape index (κ3) is 2.91. The Morgan fingerprint density at radius 2 is 1.79 bits per heavy atom. The number of rotatable bonds is 1. The predicted octanol–water partition coefficient (Wildman–Crippen LogP) is 4.07. The molecule has 0 heterocycles. The monoisotopic (exact) mass is 276 g/mol. The molecule has 0 aliphatic heterocycles. The Balaban J connectivity index is 2.15. The molecule has 1 saturated carbocycles. The Morgan fingerprint density at radius 3 is 2.26 bits per heavy atom. The molecule has 106 valence electrons. The van der Waals surface area contributed by atoms with Crippen LogP contribution in [0.3, 0.4) is 0 Å². The zero-order valence-corrected chi connectivity index (χ0v) is 10.6. The van der Waals surface area contributed by atoms with E-state index in [1.165, 1.54) is 18.2 Å². The van der Waals surface area contributed by atoms with E-state index >= 15 is 0 Å². The van der Waals surface area contributed by atoms with Crippen LogP contribution in [0.2, 0.25) is 0 Å². The molecule has 1 aliphatic carbocycles. The smallest absolute Gasteiger partial charge is 0.385 e. The summed E-state index contributed by atoms with van der Waals surface area (Å²) in [7, 11) is 0. The van der Waals surface area contributed by atoms with Crippen LogP contribution in [0.15, 0.2) is 18.2 Å². The maximum absolute atomic E-state index is 13.2. The summed E-state index contributed by atoms with van der Waals surface area (Å²) >= 11 is 0. The van der Waals surface area contributed by atoms with Gasteiger partial charge in [0, 0.05) is 0 Å². The summed E-state index contributed by atoms with van der Waals surface area (Å²) < 4.78 is 50.9. The Morgan fingerprint density at radius 1 is 1.21 bits per heavy atom. The fourth-order valence-electron chi connectivity index (χ4n) is 2.65. The SMILES string of the molecule is Cc1cc(C2(O)CCC(C(F)(F)F)CC2)ccc1F. The van der Waals surface area contributed by atoms with Gasteiger partial charge in [-0.2, -0.15) is 13.2 Å². The summed E-state index contributed by atoms with van der Waals surface area (Å²) in [6.45, 7) is 1.57. The molecule has 0 radical (unpaired) electrons. The zero-order valence-electron chi connectivity index (χ0n) is 10.6. The summed E-state index contributed by atoms with van der Waals surface area (Å²) in [4.78, 5) is 0. The highest BCUT2D eigenvalue weighted by atomic mass is 19.4. The highest BCUT2D eigenvalue weighted by Gasteiger charge is 2.45. The molecule has 0 spiro atoms. The van der Waals surface area contributed by atoms with Gasteiger partial charge in [0.1, 0.15) is 5.82 Å². The lowest BCUT2D eigenvalue weighted by Gasteiger charge is -2.37. The normalized spacial score (nSPS) is 28.4. The van der Waals surface area contributed by atoms with Crippen LogP contribution >= 0.6 is 0 Å². The highest BCUT2D eigenvalue weighted by molar-refractivity contribution is 5.29. The van der Waals surface area contributed by atoms with Gasteiger partial charge in [-0.05, 0) is 49.8 Å². The fourth-order valence-corrected chi connectivity index (χ4v) is 2.65. The van der Waals surface area contributed by atoms with Crippen LogP contribution in [-0.2, 0) is 5.60 Å². The second kappa shape index (κ2) is 4.78. The van der Waals surface area contributed by atoms with E-state index in [4.69, 9.17) is 0 Å². The van der Waals surface area contributed by atoms with Gasteiger partial charge in [0.15, 0.2) is 0 Å². The van der Waals surface area contributed by atoms with Crippen LogP contribution in [0.25, 0.3) is 0 Å². The average molecular weight is 276 g/mol. The third-order valence-corrected chi connectivity index (χ3v) is 3.97. The molecular weight excluding hydrogens is 260 g/mol. The molecule has 0 amide bonds. The Kier molecular flexibility index (Phi) is 3.60. The topological polar surface area (TPSA) is 20.2 Å². The summed E-state index contributed by atoms with van der Waals surface area (Å²) in [6, 6.07) is 4.22. The summed E-state index contributed by atoms with van der Waals surface area (Å²) in [5.41, 5.74) is -0.365. The molecule has 1 fully saturated rings. The van der Waals surface area contributed by atoms with Gasteiger partial charge in [-0.15, -0.1) is 0 Å². The molecule has 0 bridgehead atoms. The maximum atomic E-state index is 13.2. The van der Waals surface area contributed by atoms with Gasteiger partial charge in [-0.25, -0.2) is 4.39 Å². The first kappa shape index (κ1) is 14.3. The predicted molar refractivity (Wildman–Crippen MR) is 63.0 cm³/mol. The number of hydrogen-bond acceptors (Lipinski definition) is 1. The van der Waals surface area contributed by atoms with E-state index in [9.17, 15) is 22.7 Å². The molecule has 0 saturated heterocycles. The van der Waals surface area contributed by atoms with Gasteiger partial charge in [-0.3, -0.25) is 0 Å². The molecule has 1 N–H and O–H groups in total. The number of alkyl halides is 3. The van der Waals surface area contributed by atoms with Gasteiger partial charge in [-0.1, -0.05) is 12.1 Å². The van der Waals surface area contributed by atoms with Crippen LogP contribution < -0.4 is 0 Å². The molecule has 1 aliphatic rings. The van der Waals surface area contributed by atoms with Crippen LogP contribution in [0.1, 0.15) is 36.8 Å². The van der Waals surface area contributed by atoms with E-state index in [-0.39, 0.29) is 31.5 Å². The quantitative estimate of drug-likeness (QED) is 0.766. The van der Waals surface area contributed by atoms with Crippen LogP contribution in [0, 0.1) is 18.7 Å².